The van der Waals surface area contributed by atoms with Crippen LogP contribution in [-0.4, -0.2) is 40.1 Å². The summed E-state index contributed by atoms with van der Waals surface area (Å²) in [5.41, 5.74) is 1.51. The number of hydrazine groups is 1. The van der Waals surface area contributed by atoms with Crippen LogP contribution in [0.5, 0.6) is 0 Å². The van der Waals surface area contributed by atoms with Gasteiger partial charge >= 0.3 is 0 Å². The van der Waals surface area contributed by atoms with Crippen LogP contribution >= 0.6 is 27.5 Å². The second kappa shape index (κ2) is 9.00. The van der Waals surface area contributed by atoms with Gasteiger partial charge in [-0.2, -0.15) is 5.01 Å². The fourth-order valence-electron chi connectivity index (χ4n) is 4.13. The molecule has 1 aliphatic carbocycles. The molecule has 1 saturated heterocycles. The number of carbonyl (C=O) groups excluding carboxylic acids is 4. The van der Waals surface area contributed by atoms with Gasteiger partial charge in [0.2, 0.25) is 0 Å². The number of halogens is 2. The largest absolute Gasteiger partial charge is 0.292 e. The molecule has 0 unspecified atom stereocenters. The fraction of sp³-hybridized carbons (Fsp3) is 0.250. The van der Waals surface area contributed by atoms with Crippen molar-refractivity contribution in [3.05, 3.63) is 80.8 Å². The summed E-state index contributed by atoms with van der Waals surface area (Å²) in [7, 11) is 0. The minimum atomic E-state index is -0.675. The van der Waals surface area contributed by atoms with Crippen LogP contribution in [0.25, 0.3) is 0 Å². The molecule has 2 atom stereocenters. The number of rotatable bonds is 5. The van der Waals surface area contributed by atoms with Gasteiger partial charge in [-0.1, -0.05) is 63.4 Å². The van der Waals surface area contributed by atoms with Crippen molar-refractivity contribution >= 4 is 51.0 Å². The summed E-state index contributed by atoms with van der Waals surface area (Å²) in [4.78, 5) is 52.9. The van der Waals surface area contributed by atoms with E-state index in [1.165, 1.54) is 6.07 Å². The maximum Gasteiger partial charge on any atom is 0.274 e. The lowest BCUT2D eigenvalue weighted by molar-refractivity contribution is -0.154. The summed E-state index contributed by atoms with van der Waals surface area (Å²) in [6.45, 7) is 1.45. The maximum atomic E-state index is 13.5. The number of benzene rings is 2. The predicted octanol–water partition coefficient (Wildman–Crippen LogP) is 4.68. The summed E-state index contributed by atoms with van der Waals surface area (Å²) in [5.74, 6) is -3.06. The molecule has 1 aliphatic heterocycles. The Kier molecular flexibility index (Phi) is 6.31. The van der Waals surface area contributed by atoms with Gasteiger partial charge < -0.3 is 0 Å². The molecule has 0 spiro atoms. The zero-order valence-corrected chi connectivity index (χ0v) is 19.6. The molecule has 2 aromatic rings. The lowest BCUT2D eigenvalue weighted by Crippen LogP contribution is -2.52. The minimum Gasteiger partial charge on any atom is -0.292 e. The molecule has 2 aromatic carbocycles. The van der Waals surface area contributed by atoms with Crippen molar-refractivity contribution in [2.45, 2.75) is 19.8 Å². The zero-order chi connectivity index (χ0) is 23.0. The number of hydrogen-bond donors (Lipinski definition) is 0. The molecule has 1 heterocycles. The molecule has 0 aromatic heterocycles. The quantitative estimate of drug-likeness (QED) is 0.329. The van der Waals surface area contributed by atoms with E-state index in [-0.39, 0.29) is 10.6 Å². The third kappa shape index (κ3) is 4.14. The van der Waals surface area contributed by atoms with Gasteiger partial charge in [0, 0.05) is 10.0 Å². The van der Waals surface area contributed by atoms with E-state index >= 15 is 0 Å². The highest BCUT2D eigenvalue weighted by Crippen LogP contribution is 2.38. The monoisotopic (exact) mass is 514 g/mol. The number of fused-ring (bicyclic) bond motifs is 1. The van der Waals surface area contributed by atoms with E-state index in [0.29, 0.717) is 18.4 Å². The Morgan fingerprint density at radius 3 is 2.41 bits per heavy atom. The Hall–Kier alpha value is -2.77. The summed E-state index contributed by atoms with van der Waals surface area (Å²) in [6, 6.07) is 13.0. The van der Waals surface area contributed by atoms with E-state index in [2.05, 4.69) is 15.9 Å². The standard InChI is InChI=1S/C24H20BrClN2O4/c1-14-6-11-17-19(12-14)24(32)28(23(17)31)27(22(30)18-4-2-3-5-20(18)26)13-21(29)15-7-9-16(25)10-8-15/h2-10,17,19H,11-13H2,1H3/t17-,19+/m1/s1. The first-order valence-corrected chi connectivity index (χ1v) is 11.3. The van der Waals surface area contributed by atoms with E-state index < -0.39 is 41.9 Å². The van der Waals surface area contributed by atoms with Crippen LogP contribution in [0.2, 0.25) is 5.02 Å². The van der Waals surface area contributed by atoms with Crippen molar-refractivity contribution in [2.24, 2.45) is 11.8 Å². The van der Waals surface area contributed by atoms with Gasteiger partial charge in [-0.15, -0.1) is 0 Å². The second-order valence-corrected chi connectivity index (χ2v) is 9.29. The Balaban J connectivity index is 1.71. The molecule has 164 valence electrons. The molecule has 2 aliphatic rings. The number of Topliss-reactive ketones (excluding diaryl/α,β-unsaturated/α-hetero) is 1. The van der Waals surface area contributed by atoms with Crippen molar-refractivity contribution in [2.75, 3.05) is 6.54 Å². The van der Waals surface area contributed by atoms with Gasteiger partial charge in [0.25, 0.3) is 17.7 Å². The smallest absolute Gasteiger partial charge is 0.274 e. The van der Waals surface area contributed by atoms with Crippen molar-refractivity contribution in [1.29, 1.82) is 0 Å². The van der Waals surface area contributed by atoms with Crippen LogP contribution < -0.4 is 0 Å². The van der Waals surface area contributed by atoms with Gasteiger partial charge in [0.1, 0.15) is 6.54 Å². The molecule has 4 rings (SSSR count). The van der Waals surface area contributed by atoms with Crippen LogP contribution in [0, 0.1) is 11.8 Å². The fourth-order valence-corrected chi connectivity index (χ4v) is 4.61. The number of imide groups is 1. The van der Waals surface area contributed by atoms with Crippen LogP contribution in [0.4, 0.5) is 0 Å². The lowest BCUT2D eigenvalue weighted by atomic mass is 9.82. The van der Waals surface area contributed by atoms with Crippen LogP contribution in [0.3, 0.4) is 0 Å². The van der Waals surface area contributed by atoms with E-state index in [4.69, 9.17) is 11.6 Å². The van der Waals surface area contributed by atoms with Gasteiger partial charge in [-0.3, -0.25) is 19.2 Å². The molecular weight excluding hydrogens is 496 g/mol. The second-order valence-electron chi connectivity index (χ2n) is 7.96. The molecule has 32 heavy (non-hydrogen) atoms. The van der Waals surface area contributed by atoms with Gasteiger partial charge in [-0.25, -0.2) is 5.01 Å². The van der Waals surface area contributed by atoms with E-state index in [1.54, 1.807) is 42.5 Å². The summed E-state index contributed by atoms with van der Waals surface area (Å²) in [5, 5.41) is 1.99. The van der Waals surface area contributed by atoms with Crippen molar-refractivity contribution in [3.8, 4) is 0 Å². The highest BCUT2D eigenvalue weighted by atomic mass is 79.9. The number of nitrogens with zero attached hydrogens (tertiary/aromatic N) is 2. The average Bonchev–Trinajstić information content (AvgIpc) is 3.01. The van der Waals surface area contributed by atoms with E-state index in [1.807, 2.05) is 13.0 Å². The van der Waals surface area contributed by atoms with E-state index in [0.717, 1.165) is 20.1 Å². The first kappa shape index (κ1) is 22.4. The first-order valence-electron chi connectivity index (χ1n) is 10.2. The molecule has 1 fully saturated rings. The number of ketones is 1. The topological polar surface area (TPSA) is 74.8 Å². The Bertz CT molecular complexity index is 1140. The molecule has 0 saturated carbocycles. The van der Waals surface area contributed by atoms with Gasteiger partial charge in [0.15, 0.2) is 5.78 Å². The zero-order valence-electron chi connectivity index (χ0n) is 17.3. The number of hydrogen-bond acceptors (Lipinski definition) is 4. The maximum absolute atomic E-state index is 13.5. The Morgan fingerprint density at radius 2 is 1.72 bits per heavy atom. The van der Waals surface area contributed by atoms with Crippen molar-refractivity contribution < 1.29 is 19.2 Å². The molecule has 0 bridgehead atoms. The van der Waals surface area contributed by atoms with Crippen LogP contribution in [0.1, 0.15) is 40.5 Å². The lowest BCUT2D eigenvalue weighted by Gasteiger charge is -2.30. The number of amides is 3. The van der Waals surface area contributed by atoms with Gasteiger partial charge in [-0.05, 0) is 44.0 Å². The molecule has 6 nitrogen and oxygen atoms in total. The van der Waals surface area contributed by atoms with Crippen molar-refractivity contribution in [1.82, 2.24) is 10.0 Å². The highest BCUT2D eigenvalue weighted by Gasteiger charge is 2.51. The Labute approximate surface area is 198 Å². The number of carbonyl (C=O) groups is 4. The highest BCUT2D eigenvalue weighted by molar-refractivity contribution is 9.10. The number of allylic oxidation sites excluding steroid dienone is 2. The summed E-state index contributed by atoms with van der Waals surface area (Å²) in [6.07, 6.45) is 2.84. The molecular formula is C24H20BrClN2O4. The Morgan fingerprint density at radius 1 is 1.06 bits per heavy atom. The molecule has 8 heteroatoms. The van der Waals surface area contributed by atoms with Crippen LogP contribution in [0.15, 0.2) is 64.7 Å². The van der Waals surface area contributed by atoms with Crippen LogP contribution in [-0.2, 0) is 9.59 Å². The summed E-state index contributed by atoms with van der Waals surface area (Å²) >= 11 is 9.54. The normalized spacial score (nSPS) is 20.1. The predicted molar refractivity (Wildman–Crippen MR) is 123 cm³/mol. The van der Waals surface area contributed by atoms with E-state index in [9.17, 15) is 19.2 Å². The SMILES string of the molecule is CC1=CC[C@H]2C(=O)N(N(CC(=O)c3ccc(Br)cc3)C(=O)c3ccccc3Cl)C(=O)[C@H]2C1. The molecule has 3 amide bonds. The third-order valence-electron chi connectivity index (χ3n) is 5.84. The molecule has 0 radical (unpaired) electrons. The minimum absolute atomic E-state index is 0.113. The third-order valence-corrected chi connectivity index (χ3v) is 6.70. The first-order chi connectivity index (χ1) is 15.3. The van der Waals surface area contributed by atoms with Gasteiger partial charge in [0.05, 0.1) is 22.4 Å². The summed E-state index contributed by atoms with van der Waals surface area (Å²) < 4.78 is 0.801. The van der Waals surface area contributed by atoms with Crippen molar-refractivity contribution in [3.63, 3.8) is 0 Å². The molecule has 0 N–H and O–H groups in total. The average molecular weight is 516 g/mol.